The van der Waals surface area contributed by atoms with Gasteiger partial charge in [-0.3, -0.25) is 4.98 Å². The number of carbonyl (C=O) groups excluding carboxylic acids is 1. The zero-order valence-electron chi connectivity index (χ0n) is 10.4. The summed E-state index contributed by atoms with van der Waals surface area (Å²) in [7, 11) is 0. The minimum atomic E-state index is -0.302. The Balaban J connectivity index is 2.14. The summed E-state index contributed by atoms with van der Waals surface area (Å²) in [4.78, 5) is 15.5. The lowest BCUT2D eigenvalue weighted by Crippen LogP contribution is -2.13. The predicted octanol–water partition coefficient (Wildman–Crippen LogP) is 1.90. The molecule has 1 rings (SSSR count). The van der Waals surface area contributed by atoms with Gasteiger partial charge in [0.15, 0.2) is 0 Å². The van der Waals surface area contributed by atoms with E-state index in [4.69, 9.17) is 9.47 Å². The fourth-order valence-corrected chi connectivity index (χ4v) is 1.41. The van der Waals surface area contributed by atoms with E-state index in [1.165, 1.54) is 0 Å². The number of carbonyl (C=O) groups is 1. The van der Waals surface area contributed by atoms with Gasteiger partial charge in [0.1, 0.15) is 6.61 Å². The average molecular weight is 237 g/mol. The lowest BCUT2D eigenvalue weighted by Gasteiger charge is -2.05. The average Bonchev–Trinajstić information content (AvgIpc) is 2.32. The molecule has 0 fully saturated rings. The van der Waals surface area contributed by atoms with E-state index in [2.05, 4.69) is 4.98 Å². The summed E-state index contributed by atoms with van der Waals surface area (Å²) in [5, 5.41) is 0. The first-order valence-electron chi connectivity index (χ1n) is 5.88. The first-order valence-corrected chi connectivity index (χ1v) is 5.88. The normalized spacial score (nSPS) is 10.2. The molecule has 0 bridgehead atoms. The third kappa shape index (κ3) is 6.02. The van der Waals surface area contributed by atoms with Crippen molar-refractivity contribution in [2.45, 2.75) is 26.7 Å². The van der Waals surface area contributed by atoms with Gasteiger partial charge in [0.2, 0.25) is 0 Å². The fourth-order valence-electron chi connectivity index (χ4n) is 1.41. The number of pyridine rings is 1. The Bertz CT molecular complexity index is 352. The van der Waals surface area contributed by atoms with Crippen molar-refractivity contribution >= 4 is 5.97 Å². The van der Waals surface area contributed by atoms with Crippen molar-refractivity contribution in [3.63, 3.8) is 0 Å². The lowest BCUT2D eigenvalue weighted by atomic mass is 10.2. The highest BCUT2D eigenvalue weighted by Gasteiger charge is 2.02. The second-order valence-corrected chi connectivity index (χ2v) is 3.73. The predicted molar refractivity (Wildman–Crippen MR) is 64.7 cm³/mol. The quantitative estimate of drug-likeness (QED) is 0.537. The third-order valence-electron chi connectivity index (χ3n) is 2.21. The number of rotatable bonds is 7. The van der Waals surface area contributed by atoms with Crippen molar-refractivity contribution in [1.82, 2.24) is 4.98 Å². The molecule has 0 saturated heterocycles. The van der Waals surface area contributed by atoms with Gasteiger partial charge in [-0.25, -0.2) is 4.79 Å². The van der Waals surface area contributed by atoms with Crippen molar-refractivity contribution in [3.8, 4) is 0 Å². The van der Waals surface area contributed by atoms with Crippen LogP contribution in [0.5, 0.6) is 0 Å². The molecule has 94 valence electrons. The van der Waals surface area contributed by atoms with Crippen LogP contribution in [0, 0.1) is 6.92 Å². The zero-order chi connectivity index (χ0) is 12.5. The van der Waals surface area contributed by atoms with Crippen molar-refractivity contribution < 1.29 is 14.3 Å². The van der Waals surface area contributed by atoms with Gasteiger partial charge < -0.3 is 9.47 Å². The molecule has 0 aromatic carbocycles. The van der Waals surface area contributed by atoms with Gasteiger partial charge in [-0.2, -0.15) is 0 Å². The number of hydrogen-bond donors (Lipinski definition) is 0. The molecule has 0 saturated carbocycles. The van der Waals surface area contributed by atoms with Crippen molar-refractivity contribution in [1.29, 1.82) is 0 Å². The van der Waals surface area contributed by atoms with E-state index < -0.39 is 0 Å². The molecule has 1 aromatic heterocycles. The van der Waals surface area contributed by atoms with Gasteiger partial charge in [-0.05, 0) is 38.8 Å². The molecule has 0 aliphatic rings. The van der Waals surface area contributed by atoms with E-state index in [9.17, 15) is 4.79 Å². The molecule has 1 heterocycles. The standard InChI is InChI=1S/C13H19NO3/c1-3-16-10-13(15)17-9-5-8-12-7-4-6-11(2)14-12/h4,6-7H,3,5,8-10H2,1-2H3. The molecular weight excluding hydrogens is 218 g/mol. The maximum Gasteiger partial charge on any atom is 0.332 e. The number of aryl methyl sites for hydroxylation is 2. The molecule has 0 radical (unpaired) electrons. The van der Waals surface area contributed by atoms with Gasteiger partial charge >= 0.3 is 5.97 Å². The lowest BCUT2D eigenvalue weighted by molar-refractivity contribution is -0.148. The van der Waals surface area contributed by atoms with E-state index in [1.807, 2.05) is 32.0 Å². The molecule has 4 nitrogen and oxygen atoms in total. The van der Waals surface area contributed by atoms with E-state index >= 15 is 0 Å². The third-order valence-corrected chi connectivity index (χ3v) is 2.21. The van der Waals surface area contributed by atoms with E-state index in [-0.39, 0.29) is 12.6 Å². The van der Waals surface area contributed by atoms with Crippen LogP contribution in [0.2, 0.25) is 0 Å². The Labute approximate surface area is 102 Å². The Kier molecular flexibility index (Phi) is 6.25. The van der Waals surface area contributed by atoms with Gasteiger partial charge in [-0.15, -0.1) is 0 Å². The number of ether oxygens (including phenoxy) is 2. The van der Waals surface area contributed by atoms with Crippen LogP contribution < -0.4 is 0 Å². The van der Waals surface area contributed by atoms with E-state index in [0.29, 0.717) is 13.2 Å². The minimum absolute atomic E-state index is 0.0409. The Hall–Kier alpha value is -1.42. The SMILES string of the molecule is CCOCC(=O)OCCCc1cccc(C)n1. The van der Waals surface area contributed by atoms with Gasteiger partial charge in [0.25, 0.3) is 0 Å². The summed E-state index contributed by atoms with van der Waals surface area (Å²) >= 11 is 0. The van der Waals surface area contributed by atoms with Gasteiger partial charge in [0, 0.05) is 18.0 Å². The van der Waals surface area contributed by atoms with E-state index in [0.717, 1.165) is 24.2 Å². The molecule has 0 aliphatic carbocycles. The molecule has 0 aliphatic heterocycles. The van der Waals surface area contributed by atoms with Crippen LogP contribution in [-0.2, 0) is 20.7 Å². The summed E-state index contributed by atoms with van der Waals surface area (Å²) in [6, 6.07) is 5.93. The highest BCUT2D eigenvalue weighted by Crippen LogP contribution is 2.01. The molecule has 0 amide bonds. The van der Waals surface area contributed by atoms with Crippen LogP contribution in [0.4, 0.5) is 0 Å². The van der Waals surface area contributed by atoms with Crippen LogP contribution in [-0.4, -0.2) is 30.8 Å². The smallest absolute Gasteiger partial charge is 0.332 e. The van der Waals surface area contributed by atoms with Crippen molar-refractivity contribution in [2.75, 3.05) is 19.8 Å². The summed E-state index contributed by atoms with van der Waals surface area (Å²) < 4.78 is 9.94. The number of hydrogen-bond acceptors (Lipinski definition) is 4. The first kappa shape index (κ1) is 13.6. The molecule has 0 spiro atoms. The zero-order valence-corrected chi connectivity index (χ0v) is 10.4. The Morgan fingerprint density at radius 1 is 1.41 bits per heavy atom. The molecule has 0 N–H and O–H groups in total. The summed E-state index contributed by atoms with van der Waals surface area (Å²) in [6.07, 6.45) is 1.61. The van der Waals surface area contributed by atoms with Crippen LogP contribution >= 0.6 is 0 Å². The highest BCUT2D eigenvalue weighted by molar-refractivity contribution is 5.70. The second kappa shape index (κ2) is 7.79. The minimum Gasteiger partial charge on any atom is -0.464 e. The number of esters is 1. The second-order valence-electron chi connectivity index (χ2n) is 3.73. The summed E-state index contributed by atoms with van der Waals surface area (Å²) in [5.74, 6) is -0.302. The molecule has 0 unspecified atom stereocenters. The Morgan fingerprint density at radius 2 is 2.24 bits per heavy atom. The summed E-state index contributed by atoms with van der Waals surface area (Å²) in [5.41, 5.74) is 2.04. The fraction of sp³-hybridized carbons (Fsp3) is 0.538. The Morgan fingerprint density at radius 3 is 2.94 bits per heavy atom. The number of nitrogens with zero attached hydrogens (tertiary/aromatic N) is 1. The van der Waals surface area contributed by atoms with Crippen LogP contribution in [0.1, 0.15) is 24.7 Å². The molecule has 4 heteroatoms. The van der Waals surface area contributed by atoms with E-state index in [1.54, 1.807) is 0 Å². The molecular formula is C13H19NO3. The first-order chi connectivity index (χ1) is 8.22. The largest absolute Gasteiger partial charge is 0.464 e. The van der Waals surface area contributed by atoms with Crippen LogP contribution in [0.25, 0.3) is 0 Å². The maximum absolute atomic E-state index is 11.1. The molecule has 17 heavy (non-hydrogen) atoms. The topological polar surface area (TPSA) is 48.4 Å². The van der Waals surface area contributed by atoms with Crippen molar-refractivity contribution in [3.05, 3.63) is 29.6 Å². The van der Waals surface area contributed by atoms with Crippen molar-refractivity contribution in [2.24, 2.45) is 0 Å². The summed E-state index contributed by atoms with van der Waals surface area (Å²) in [6.45, 7) is 4.80. The highest BCUT2D eigenvalue weighted by atomic mass is 16.6. The maximum atomic E-state index is 11.1. The number of aromatic nitrogens is 1. The molecule has 0 atom stereocenters. The molecule has 1 aromatic rings. The monoisotopic (exact) mass is 237 g/mol. The van der Waals surface area contributed by atoms with Crippen LogP contribution in [0.3, 0.4) is 0 Å². The van der Waals surface area contributed by atoms with Crippen LogP contribution in [0.15, 0.2) is 18.2 Å². The van der Waals surface area contributed by atoms with Gasteiger partial charge in [-0.1, -0.05) is 6.07 Å². The van der Waals surface area contributed by atoms with Gasteiger partial charge in [0.05, 0.1) is 6.61 Å².